The van der Waals surface area contributed by atoms with Crippen molar-refractivity contribution in [2.75, 3.05) is 0 Å². The summed E-state index contributed by atoms with van der Waals surface area (Å²) in [5.74, 6) is 1.39. The molecule has 0 atom stereocenters. The van der Waals surface area contributed by atoms with Crippen molar-refractivity contribution >= 4 is 11.8 Å². The van der Waals surface area contributed by atoms with Gasteiger partial charge in [0.1, 0.15) is 0 Å². The number of nitrogens with zero attached hydrogens (tertiary/aromatic N) is 5. The molecule has 0 saturated heterocycles. The third kappa shape index (κ3) is 3.52. The van der Waals surface area contributed by atoms with Gasteiger partial charge in [0, 0.05) is 17.4 Å². The SMILES string of the molecule is Cc1cc(C)cc(-n2nnnc2SCc2cc(-c3ccccc3)on2)c1. The molecular weight excluding hydrogens is 346 g/mol. The molecule has 0 unspecified atom stereocenters. The molecule has 130 valence electrons. The average molecular weight is 363 g/mol. The fourth-order valence-electron chi connectivity index (χ4n) is 2.76. The maximum atomic E-state index is 5.45. The van der Waals surface area contributed by atoms with E-state index >= 15 is 0 Å². The maximum Gasteiger partial charge on any atom is 0.214 e. The fourth-order valence-corrected chi connectivity index (χ4v) is 3.53. The Labute approximate surface area is 155 Å². The summed E-state index contributed by atoms with van der Waals surface area (Å²) in [6.45, 7) is 4.13. The van der Waals surface area contributed by atoms with Crippen molar-refractivity contribution in [1.82, 2.24) is 25.4 Å². The van der Waals surface area contributed by atoms with Crippen LogP contribution in [0.15, 0.2) is 64.3 Å². The van der Waals surface area contributed by atoms with Crippen molar-refractivity contribution in [2.45, 2.75) is 24.8 Å². The molecule has 0 radical (unpaired) electrons. The van der Waals surface area contributed by atoms with Crippen LogP contribution in [0.1, 0.15) is 16.8 Å². The van der Waals surface area contributed by atoms with Crippen molar-refractivity contribution in [1.29, 1.82) is 0 Å². The van der Waals surface area contributed by atoms with E-state index in [0.717, 1.165) is 27.9 Å². The van der Waals surface area contributed by atoms with Crippen LogP contribution in [0.25, 0.3) is 17.0 Å². The topological polar surface area (TPSA) is 69.6 Å². The number of aryl methyl sites for hydroxylation is 2. The predicted octanol–water partition coefficient (Wildman–Crippen LogP) is 4.23. The van der Waals surface area contributed by atoms with Gasteiger partial charge in [-0.25, -0.2) is 0 Å². The Hall–Kier alpha value is -2.93. The highest BCUT2D eigenvalue weighted by atomic mass is 32.2. The van der Waals surface area contributed by atoms with Crippen LogP contribution < -0.4 is 0 Å². The average Bonchev–Trinajstić information content (AvgIpc) is 3.29. The predicted molar refractivity (Wildman–Crippen MR) is 100 cm³/mol. The van der Waals surface area contributed by atoms with Crippen LogP contribution in [0, 0.1) is 13.8 Å². The van der Waals surface area contributed by atoms with Gasteiger partial charge in [-0.05, 0) is 47.5 Å². The van der Waals surface area contributed by atoms with Gasteiger partial charge in [0.15, 0.2) is 5.76 Å². The van der Waals surface area contributed by atoms with Crippen LogP contribution in [0.2, 0.25) is 0 Å². The number of benzene rings is 2. The van der Waals surface area contributed by atoms with Gasteiger partial charge in [-0.2, -0.15) is 4.68 Å². The van der Waals surface area contributed by atoms with Crippen molar-refractivity contribution in [2.24, 2.45) is 0 Å². The van der Waals surface area contributed by atoms with E-state index in [9.17, 15) is 0 Å². The van der Waals surface area contributed by atoms with Crippen LogP contribution in [0.4, 0.5) is 0 Å². The van der Waals surface area contributed by atoms with Gasteiger partial charge in [0.2, 0.25) is 5.16 Å². The standard InChI is InChI=1S/C19H17N5OS/c1-13-8-14(2)10-17(9-13)24-19(20-22-23-24)26-12-16-11-18(25-21-16)15-6-4-3-5-7-15/h3-11H,12H2,1-2H3. The number of hydrogen-bond donors (Lipinski definition) is 0. The third-order valence-electron chi connectivity index (χ3n) is 3.86. The molecule has 2 heterocycles. The zero-order valence-corrected chi connectivity index (χ0v) is 15.3. The van der Waals surface area contributed by atoms with E-state index in [1.165, 1.54) is 22.9 Å². The van der Waals surface area contributed by atoms with E-state index in [0.29, 0.717) is 5.75 Å². The molecule has 4 rings (SSSR count). The molecule has 2 aromatic carbocycles. The maximum absolute atomic E-state index is 5.45. The number of thioether (sulfide) groups is 1. The van der Waals surface area contributed by atoms with E-state index in [4.69, 9.17) is 4.52 Å². The number of tetrazole rings is 1. The first-order valence-corrected chi connectivity index (χ1v) is 9.18. The Kier molecular flexibility index (Phi) is 4.53. The minimum Gasteiger partial charge on any atom is -0.356 e. The van der Waals surface area contributed by atoms with Crippen molar-refractivity contribution < 1.29 is 4.52 Å². The lowest BCUT2D eigenvalue weighted by atomic mass is 10.1. The molecule has 26 heavy (non-hydrogen) atoms. The lowest BCUT2D eigenvalue weighted by molar-refractivity contribution is 0.426. The number of rotatable bonds is 5. The van der Waals surface area contributed by atoms with Crippen LogP contribution >= 0.6 is 11.8 Å². The van der Waals surface area contributed by atoms with Crippen LogP contribution in [0.5, 0.6) is 0 Å². The highest BCUT2D eigenvalue weighted by Gasteiger charge is 2.12. The molecule has 0 fully saturated rings. The molecule has 7 heteroatoms. The normalized spacial score (nSPS) is 11.0. The first kappa shape index (κ1) is 16.5. The highest BCUT2D eigenvalue weighted by molar-refractivity contribution is 7.98. The molecule has 0 aliphatic carbocycles. The Bertz CT molecular complexity index is 1010. The van der Waals surface area contributed by atoms with Gasteiger partial charge in [-0.15, -0.1) is 5.10 Å². The van der Waals surface area contributed by atoms with Crippen molar-refractivity contribution in [3.05, 3.63) is 71.4 Å². The number of aromatic nitrogens is 5. The third-order valence-corrected chi connectivity index (χ3v) is 4.81. The highest BCUT2D eigenvalue weighted by Crippen LogP contribution is 2.26. The van der Waals surface area contributed by atoms with Gasteiger partial charge in [-0.1, -0.05) is 53.3 Å². The Morgan fingerprint density at radius 1 is 1.00 bits per heavy atom. The molecule has 0 aliphatic rings. The summed E-state index contributed by atoms with van der Waals surface area (Å²) in [4.78, 5) is 0. The molecule has 2 aromatic heterocycles. The van der Waals surface area contributed by atoms with E-state index in [-0.39, 0.29) is 0 Å². The van der Waals surface area contributed by atoms with Gasteiger partial charge < -0.3 is 4.52 Å². The smallest absolute Gasteiger partial charge is 0.214 e. The molecule has 0 amide bonds. The zero-order chi connectivity index (χ0) is 17.9. The molecule has 0 N–H and O–H groups in total. The molecule has 0 bridgehead atoms. The molecule has 0 spiro atoms. The van der Waals surface area contributed by atoms with E-state index in [1.807, 2.05) is 36.4 Å². The summed E-state index contributed by atoms with van der Waals surface area (Å²) in [5, 5.41) is 17.0. The second-order valence-electron chi connectivity index (χ2n) is 6.06. The summed E-state index contributed by atoms with van der Waals surface area (Å²) in [5.41, 5.74) is 5.17. The quantitative estimate of drug-likeness (QED) is 0.494. The monoisotopic (exact) mass is 363 g/mol. The summed E-state index contributed by atoms with van der Waals surface area (Å²) in [6.07, 6.45) is 0. The molecule has 0 saturated carbocycles. The van der Waals surface area contributed by atoms with Crippen LogP contribution in [-0.4, -0.2) is 25.4 Å². The minimum absolute atomic E-state index is 0.626. The first-order valence-electron chi connectivity index (χ1n) is 8.20. The molecule has 0 aliphatic heterocycles. The lowest BCUT2D eigenvalue weighted by Crippen LogP contribution is -2.00. The van der Waals surface area contributed by atoms with Gasteiger partial charge >= 0.3 is 0 Å². The molecular formula is C19H17N5OS. The fraction of sp³-hybridized carbons (Fsp3) is 0.158. The number of hydrogen-bond acceptors (Lipinski definition) is 6. The van der Waals surface area contributed by atoms with E-state index < -0.39 is 0 Å². The van der Waals surface area contributed by atoms with Crippen molar-refractivity contribution in [3.63, 3.8) is 0 Å². The molecule has 6 nitrogen and oxygen atoms in total. The minimum atomic E-state index is 0.626. The summed E-state index contributed by atoms with van der Waals surface area (Å²) < 4.78 is 7.20. The van der Waals surface area contributed by atoms with Gasteiger partial charge in [0.25, 0.3) is 0 Å². The first-order chi connectivity index (χ1) is 12.7. The largest absolute Gasteiger partial charge is 0.356 e. The van der Waals surface area contributed by atoms with E-state index in [1.54, 1.807) is 4.68 Å². The van der Waals surface area contributed by atoms with Crippen molar-refractivity contribution in [3.8, 4) is 17.0 Å². The van der Waals surface area contributed by atoms with Gasteiger partial charge in [-0.3, -0.25) is 0 Å². The Balaban J connectivity index is 1.51. The second kappa shape index (κ2) is 7.13. The van der Waals surface area contributed by atoms with Gasteiger partial charge in [0.05, 0.1) is 11.4 Å². The van der Waals surface area contributed by atoms with E-state index in [2.05, 4.69) is 52.7 Å². The summed E-state index contributed by atoms with van der Waals surface area (Å²) >= 11 is 1.53. The summed E-state index contributed by atoms with van der Waals surface area (Å²) in [7, 11) is 0. The van der Waals surface area contributed by atoms with Crippen LogP contribution in [0.3, 0.4) is 0 Å². The Morgan fingerprint density at radius 3 is 2.54 bits per heavy atom. The molecule has 4 aromatic rings. The summed E-state index contributed by atoms with van der Waals surface area (Å²) in [6, 6.07) is 18.1. The zero-order valence-electron chi connectivity index (χ0n) is 14.5. The second-order valence-corrected chi connectivity index (χ2v) is 7.00. The Morgan fingerprint density at radius 2 is 1.77 bits per heavy atom. The van der Waals surface area contributed by atoms with Crippen LogP contribution in [-0.2, 0) is 5.75 Å². The lowest BCUT2D eigenvalue weighted by Gasteiger charge is -2.06.